The summed E-state index contributed by atoms with van der Waals surface area (Å²) in [6, 6.07) is 14.3. The van der Waals surface area contributed by atoms with Gasteiger partial charge >= 0.3 is 5.69 Å². The summed E-state index contributed by atoms with van der Waals surface area (Å²) in [5.74, 6) is -0.617. The zero-order valence-electron chi connectivity index (χ0n) is 15.5. The number of aromatic amines is 1. The summed E-state index contributed by atoms with van der Waals surface area (Å²) < 4.78 is 0.950. The smallest absolute Gasteiger partial charge is 0.321 e. The van der Waals surface area contributed by atoms with Crippen LogP contribution in [0.15, 0.2) is 70.5 Å². The molecule has 0 spiro atoms. The highest BCUT2D eigenvalue weighted by Gasteiger charge is 2.16. The molecule has 0 unspecified atom stereocenters. The van der Waals surface area contributed by atoms with E-state index in [0.717, 1.165) is 27.4 Å². The molecule has 0 bridgehead atoms. The van der Waals surface area contributed by atoms with Crippen LogP contribution in [-0.4, -0.2) is 25.4 Å². The van der Waals surface area contributed by atoms with Crippen LogP contribution in [0.4, 0.5) is 5.69 Å². The minimum atomic E-state index is -0.689. The Morgan fingerprint density at radius 3 is 2.76 bits per heavy atom. The first-order valence-corrected chi connectivity index (χ1v) is 8.93. The topological polar surface area (TPSA) is 110 Å². The first-order valence-electron chi connectivity index (χ1n) is 8.93. The number of rotatable bonds is 4. The predicted octanol–water partition coefficient (Wildman–Crippen LogP) is 2.09. The van der Waals surface area contributed by atoms with Crippen LogP contribution in [0.2, 0.25) is 0 Å². The van der Waals surface area contributed by atoms with Crippen molar-refractivity contribution in [3.05, 3.63) is 98.7 Å². The van der Waals surface area contributed by atoms with Crippen LogP contribution in [0.25, 0.3) is 10.9 Å². The van der Waals surface area contributed by atoms with Gasteiger partial charge in [-0.15, -0.1) is 0 Å². The maximum absolute atomic E-state index is 12.8. The van der Waals surface area contributed by atoms with E-state index >= 15 is 0 Å². The molecule has 144 valence electrons. The zero-order chi connectivity index (χ0) is 20.4. The van der Waals surface area contributed by atoms with Crippen LogP contribution in [0.5, 0.6) is 0 Å². The Bertz CT molecular complexity index is 1330. The van der Waals surface area contributed by atoms with Crippen molar-refractivity contribution in [1.82, 2.24) is 19.5 Å². The van der Waals surface area contributed by atoms with Gasteiger partial charge in [-0.1, -0.05) is 12.1 Å². The monoisotopic (exact) mass is 387 g/mol. The van der Waals surface area contributed by atoms with E-state index in [4.69, 9.17) is 0 Å². The summed E-state index contributed by atoms with van der Waals surface area (Å²) in [6.45, 7) is 1.85. The second-order valence-electron chi connectivity index (χ2n) is 6.50. The number of H-pyrrole nitrogens is 1. The summed E-state index contributed by atoms with van der Waals surface area (Å²) in [5.41, 5.74) is 1.19. The average Bonchev–Trinajstić information content (AvgIpc) is 2.71. The first kappa shape index (κ1) is 18.3. The summed E-state index contributed by atoms with van der Waals surface area (Å²) in [5, 5.41) is 3.50. The molecule has 0 aliphatic heterocycles. The van der Waals surface area contributed by atoms with Crippen molar-refractivity contribution in [1.29, 1.82) is 0 Å². The molecule has 2 N–H and O–H groups in total. The maximum atomic E-state index is 12.8. The van der Waals surface area contributed by atoms with Crippen molar-refractivity contribution in [3.8, 4) is 0 Å². The minimum absolute atomic E-state index is 0.0341. The molecule has 0 fully saturated rings. The van der Waals surface area contributed by atoms with Crippen LogP contribution >= 0.6 is 0 Å². The van der Waals surface area contributed by atoms with Gasteiger partial charge in [-0.3, -0.25) is 24.1 Å². The summed E-state index contributed by atoms with van der Waals surface area (Å²) >= 11 is 0. The molecule has 4 rings (SSSR count). The molecule has 0 saturated carbocycles. The number of aryl methyl sites for hydroxylation is 1. The van der Waals surface area contributed by atoms with Crippen LogP contribution in [0.3, 0.4) is 0 Å². The fourth-order valence-electron chi connectivity index (χ4n) is 3.03. The molecule has 0 saturated heterocycles. The van der Waals surface area contributed by atoms with Gasteiger partial charge in [-0.2, -0.15) is 0 Å². The number of hydrogen-bond donors (Lipinski definition) is 2. The van der Waals surface area contributed by atoms with Crippen LogP contribution in [0.1, 0.15) is 21.7 Å². The number of aromatic nitrogens is 4. The third-order valence-electron chi connectivity index (χ3n) is 4.47. The third-order valence-corrected chi connectivity index (χ3v) is 4.47. The standard InChI is InChI=1S/C21H17N5O3/c1-13-8-9-15-17(24-13)6-4-7-18(15)25-19(27)16-11-23-21(29)26(20(16)28)12-14-5-2-3-10-22-14/h2-11H,12H2,1H3,(H,23,29)(H,25,27). The Hall–Kier alpha value is -4.07. The van der Waals surface area contributed by atoms with E-state index in [1.54, 1.807) is 36.5 Å². The second-order valence-corrected chi connectivity index (χ2v) is 6.50. The van der Waals surface area contributed by atoms with Gasteiger partial charge in [0.1, 0.15) is 5.56 Å². The highest BCUT2D eigenvalue weighted by Crippen LogP contribution is 2.22. The molecule has 29 heavy (non-hydrogen) atoms. The molecule has 8 nitrogen and oxygen atoms in total. The molecule has 0 atom stereocenters. The van der Waals surface area contributed by atoms with E-state index in [-0.39, 0.29) is 12.1 Å². The van der Waals surface area contributed by atoms with E-state index in [2.05, 4.69) is 20.3 Å². The lowest BCUT2D eigenvalue weighted by atomic mass is 10.1. The fourth-order valence-corrected chi connectivity index (χ4v) is 3.03. The molecular formula is C21H17N5O3. The summed E-state index contributed by atoms with van der Waals surface area (Å²) in [6.07, 6.45) is 2.70. The molecule has 0 aliphatic carbocycles. The molecule has 3 heterocycles. The Kier molecular flexibility index (Phi) is 4.74. The number of hydrogen-bond acceptors (Lipinski definition) is 5. The number of nitrogens with zero attached hydrogens (tertiary/aromatic N) is 3. The Morgan fingerprint density at radius 1 is 1.10 bits per heavy atom. The molecule has 8 heteroatoms. The summed E-state index contributed by atoms with van der Waals surface area (Å²) in [4.78, 5) is 48.7. The number of carbonyl (C=O) groups excluding carboxylic acids is 1. The largest absolute Gasteiger partial charge is 0.328 e. The number of benzene rings is 1. The van der Waals surface area contributed by atoms with E-state index < -0.39 is 17.2 Å². The summed E-state index contributed by atoms with van der Waals surface area (Å²) in [7, 11) is 0. The van der Waals surface area contributed by atoms with E-state index in [9.17, 15) is 14.4 Å². The number of carbonyl (C=O) groups is 1. The lowest BCUT2D eigenvalue weighted by Crippen LogP contribution is -2.39. The lowest BCUT2D eigenvalue weighted by molar-refractivity contribution is 0.102. The van der Waals surface area contributed by atoms with Gasteiger partial charge in [0.05, 0.1) is 23.4 Å². The van der Waals surface area contributed by atoms with Gasteiger partial charge in [0.25, 0.3) is 11.5 Å². The van der Waals surface area contributed by atoms with Crippen molar-refractivity contribution in [2.24, 2.45) is 0 Å². The SMILES string of the molecule is Cc1ccc2c(NC(=O)c3c[nH]c(=O)n(Cc4ccccn4)c3=O)cccc2n1. The molecule has 0 aliphatic rings. The molecule has 4 aromatic rings. The second kappa shape index (κ2) is 7.51. The van der Waals surface area contributed by atoms with E-state index in [0.29, 0.717) is 11.4 Å². The number of anilines is 1. The Labute approximate surface area is 164 Å². The zero-order valence-corrected chi connectivity index (χ0v) is 15.5. The number of nitrogens with one attached hydrogen (secondary N) is 2. The quantitative estimate of drug-likeness (QED) is 0.557. The maximum Gasteiger partial charge on any atom is 0.328 e. The number of fused-ring (bicyclic) bond motifs is 1. The third kappa shape index (κ3) is 3.68. The van der Waals surface area contributed by atoms with Crippen LogP contribution in [0, 0.1) is 6.92 Å². The van der Waals surface area contributed by atoms with Crippen LogP contribution in [-0.2, 0) is 6.54 Å². The van der Waals surface area contributed by atoms with Crippen molar-refractivity contribution < 1.29 is 4.79 Å². The van der Waals surface area contributed by atoms with E-state index in [1.807, 2.05) is 25.1 Å². The Balaban J connectivity index is 1.69. The fraction of sp³-hybridized carbons (Fsp3) is 0.0952. The first-order chi connectivity index (χ1) is 14.0. The van der Waals surface area contributed by atoms with Gasteiger partial charge in [-0.25, -0.2) is 4.79 Å². The van der Waals surface area contributed by atoms with E-state index in [1.165, 1.54) is 0 Å². The van der Waals surface area contributed by atoms with Gasteiger partial charge in [0.2, 0.25) is 0 Å². The van der Waals surface area contributed by atoms with Crippen molar-refractivity contribution >= 4 is 22.5 Å². The van der Waals surface area contributed by atoms with Gasteiger partial charge in [0, 0.05) is 23.5 Å². The molecule has 0 radical (unpaired) electrons. The normalized spacial score (nSPS) is 10.8. The highest BCUT2D eigenvalue weighted by atomic mass is 16.2. The molecule has 3 aromatic heterocycles. The van der Waals surface area contributed by atoms with Gasteiger partial charge < -0.3 is 10.3 Å². The van der Waals surface area contributed by atoms with Crippen molar-refractivity contribution in [3.63, 3.8) is 0 Å². The predicted molar refractivity (Wildman–Crippen MR) is 109 cm³/mol. The minimum Gasteiger partial charge on any atom is -0.321 e. The lowest BCUT2D eigenvalue weighted by Gasteiger charge is -2.10. The van der Waals surface area contributed by atoms with Crippen molar-refractivity contribution in [2.45, 2.75) is 13.5 Å². The van der Waals surface area contributed by atoms with Gasteiger partial charge in [-0.05, 0) is 43.3 Å². The van der Waals surface area contributed by atoms with Gasteiger partial charge in [0.15, 0.2) is 0 Å². The highest BCUT2D eigenvalue weighted by molar-refractivity contribution is 6.08. The Morgan fingerprint density at radius 2 is 1.97 bits per heavy atom. The molecular weight excluding hydrogens is 370 g/mol. The number of pyridine rings is 2. The average molecular weight is 387 g/mol. The molecule has 1 aromatic carbocycles. The number of amides is 1. The van der Waals surface area contributed by atoms with Crippen LogP contribution < -0.4 is 16.6 Å². The van der Waals surface area contributed by atoms with Crippen molar-refractivity contribution in [2.75, 3.05) is 5.32 Å². The molecule has 1 amide bonds.